The minimum absolute atomic E-state index is 0.0493. The number of anilines is 1. The van der Waals surface area contributed by atoms with Crippen molar-refractivity contribution in [1.82, 2.24) is 10.1 Å². The Bertz CT molecular complexity index is 668. The number of benzene rings is 1. The van der Waals surface area contributed by atoms with E-state index in [1.165, 1.54) is 0 Å². The van der Waals surface area contributed by atoms with Crippen molar-refractivity contribution >= 4 is 11.7 Å². The number of hydrogen-bond acceptors (Lipinski definition) is 4. The zero-order chi connectivity index (χ0) is 15.5. The molecule has 2 amide bonds. The van der Waals surface area contributed by atoms with Gasteiger partial charge < -0.3 is 19.5 Å². The fourth-order valence-corrected chi connectivity index (χ4v) is 2.74. The lowest BCUT2D eigenvalue weighted by molar-refractivity contribution is 0.195. The molecule has 0 bridgehead atoms. The van der Waals surface area contributed by atoms with Crippen molar-refractivity contribution in [3.8, 4) is 5.75 Å². The van der Waals surface area contributed by atoms with Gasteiger partial charge in [-0.15, -0.1) is 0 Å². The Morgan fingerprint density at radius 1 is 1.45 bits per heavy atom. The van der Waals surface area contributed by atoms with Gasteiger partial charge in [-0.2, -0.15) is 0 Å². The summed E-state index contributed by atoms with van der Waals surface area (Å²) >= 11 is 0. The molecule has 1 saturated heterocycles. The molecule has 0 saturated carbocycles. The Labute approximate surface area is 129 Å². The number of nitrogens with one attached hydrogen (secondary N) is 1. The van der Waals surface area contributed by atoms with E-state index in [0.29, 0.717) is 18.0 Å². The van der Waals surface area contributed by atoms with Crippen molar-refractivity contribution in [1.29, 1.82) is 0 Å². The van der Waals surface area contributed by atoms with Gasteiger partial charge in [0.25, 0.3) is 0 Å². The molecule has 1 aromatic carbocycles. The molecule has 22 heavy (non-hydrogen) atoms. The lowest BCUT2D eigenvalue weighted by Gasteiger charge is -2.23. The summed E-state index contributed by atoms with van der Waals surface area (Å²) in [6.45, 7) is 2.59. The molecule has 2 heterocycles. The Hall–Kier alpha value is -2.50. The van der Waals surface area contributed by atoms with E-state index in [-0.39, 0.29) is 12.1 Å². The molecule has 116 valence electrons. The van der Waals surface area contributed by atoms with E-state index in [9.17, 15) is 4.79 Å². The van der Waals surface area contributed by atoms with Crippen LogP contribution in [0.4, 0.5) is 10.5 Å². The predicted molar refractivity (Wildman–Crippen MR) is 81.9 cm³/mol. The average Bonchev–Trinajstić information content (AvgIpc) is 3.15. The molecule has 1 aliphatic heterocycles. The van der Waals surface area contributed by atoms with Crippen molar-refractivity contribution in [2.75, 3.05) is 19.0 Å². The molecule has 0 unspecified atom stereocenters. The van der Waals surface area contributed by atoms with Crippen LogP contribution in [0.2, 0.25) is 0 Å². The van der Waals surface area contributed by atoms with Crippen LogP contribution in [0, 0.1) is 6.92 Å². The summed E-state index contributed by atoms with van der Waals surface area (Å²) in [5.41, 5.74) is 1.54. The van der Waals surface area contributed by atoms with Gasteiger partial charge in [0.15, 0.2) is 5.76 Å². The number of carbonyl (C=O) groups excluding carboxylic acids is 1. The molecule has 1 N–H and O–H groups in total. The number of hydrogen-bond donors (Lipinski definition) is 1. The SMILES string of the molecule is COc1cccc(NC(=O)N2CCC[C@@H]2c2cc(C)no2)c1. The number of urea groups is 1. The zero-order valence-electron chi connectivity index (χ0n) is 12.7. The first-order valence-electron chi connectivity index (χ1n) is 7.32. The highest BCUT2D eigenvalue weighted by atomic mass is 16.5. The van der Waals surface area contributed by atoms with E-state index in [1.807, 2.05) is 31.2 Å². The first-order chi connectivity index (χ1) is 10.7. The van der Waals surface area contributed by atoms with Crippen molar-refractivity contribution in [3.05, 3.63) is 41.8 Å². The summed E-state index contributed by atoms with van der Waals surface area (Å²) in [7, 11) is 1.60. The monoisotopic (exact) mass is 301 g/mol. The number of likely N-dealkylation sites (tertiary alicyclic amines) is 1. The van der Waals surface area contributed by atoms with Gasteiger partial charge in [-0.3, -0.25) is 0 Å². The Morgan fingerprint density at radius 2 is 2.32 bits per heavy atom. The molecular weight excluding hydrogens is 282 g/mol. The quantitative estimate of drug-likeness (QED) is 0.944. The van der Waals surface area contributed by atoms with Gasteiger partial charge in [0.2, 0.25) is 0 Å². The first-order valence-corrected chi connectivity index (χ1v) is 7.32. The molecule has 0 radical (unpaired) electrons. The fourth-order valence-electron chi connectivity index (χ4n) is 2.74. The van der Waals surface area contributed by atoms with Crippen LogP contribution < -0.4 is 10.1 Å². The van der Waals surface area contributed by atoms with E-state index < -0.39 is 0 Å². The molecule has 1 atom stereocenters. The number of aryl methyl sites for hydroxylation is 1. The van der Waals surface area contributed by atoms with Crippen LogP contribution >= 0.6 is 0 Å². The highest BCUT2D eigenvalue weighted by Crippen LogP contribution is 2.32. The van der Waals surface area contributed by atoms with Gasteiger partial charge in [0.1, 0.15) is 5.75 Å². The van der Waals surface area contributed by atoms with Crippen LogP contribution in [-0.4, -0.2) is 29.7 Å². The van der Waals surface area contributed by atoms with Gasteiger partial charge in [-0.05, 0) is 31.9 Å². The Balaban J connectivity index is 1.73. The molecule has 1 aromatic heterocycles. The van der Waals surface area contributed by atoms with Crippen LogP contribution in [-0.2, 0) is 0 Å². The van der Waals surface area contributed by atoms with Crippen LogP contribution in [0.5, 0.6) is 5.75 Å². The minimum Gasteiger partial charge on any atom is -0.497 e. The third kappa shape index (κ3) is 2.90. The standard InChI is InChI=1S/C16H19N3O3/c1-11-9-15(22-18-11)14-7-4-8-19(14)16(20)17-12-5-3-6-13(10-12)21-2/h3,5-6,9-10,14H,4,7-8H2,1-2H3,(H,17,20)/t14-/m1/s1. The third-order valence-corrected chi connectivity index (χ3v) is 3.81. The van der Waals surface area contributed by atoms with Crippen molar-refractivity contribution < 1.29 is 14.1 Å². The molecular formula is C16H19N3O3. The van der Waals surface area contributed by atoms with Gasteiger partial charge in [0, 0.05) is 24.4 Å². The summed E-state index contributed by atoms with van der Waals surface area (Å²) in [6.07, 6.45) is 1.84. The summed E-state index contributed by atoms with van der Waals surface area (Å²) in [5, 5.41) is 6.82. The maximum Gasteiger partial charge on any atom is 0.322 e. The summed E-state index contributed by atoms with van der Waals surface area (Å²) in [4.78, 5) is 14.3. The molecule has 2 aromatic rings. The second kappa shape index (κ2) is 6.09. The smallest absolute Gasteiger partial charge is 0.322 e. The third-order valence-electron chi connectivity index (χ3n) is 3.81. The Kier molecular flexibility index (Phi) is 4.00. The predicted octanol–water partition coefficient (Wildman–Crippen LogP) is 3.36. The normalized spacial score (nSPS) is 17.5. The van der Waals surface area contributed by atoms with Gasteiger partial charge in [-0.1, -0.05) is 11.2 Å². The topological polar surface area (TPSA) is 67.6 Å². The van der Waals surface area contributed by atoms with Crippen LogP contribution in [0.1, 0.15) is 30.3 Å². The molecule has 6 heteroatoms. The van der Waals surface area contributed by atoms with E-state index in [0.717, 1.165) is 24.3 Å². The first kappa shape index (κ1) is 14.4. The molecule has 1 fully saturated rings. The van der Waals surface area contributed by atoms with Gasteiger partial charge in [-0.25, -0.2) is 4.79 Å². The van der Waals surface area contributed by atoms with E-state index in [4.69, 9.17) is 9.26 Å². The van der Waals surface area contributed by atoms with Crippen LogP contribution in [0.15, 0.2) is 34.9 Å². The lowest BCUT2D eigenvalue weighted by atomic mass is 10.1. The number of aromatic nitrogens is 1. The number of rotatable bonds is 3. The Morgan fingerprint density at radius 3 is 3.05 bits per heavy atom. The molecule has 0 aliphatic carbocycles. The number of methoxy groups -OCH3 is 1. The number of ether oxygens (including phenoxy) is 1. The number of amides is 2. The molecule has 1 aliphatic rings. The van der Waals surface area contributed by atoms with E-state index in [1.54, 1.807) is 18.1 Å². The maximum atomic E-state index is 12.5. The van der Waals surface area contributed by atoms with Crippen molar-refractivity contribution in [2.45, 2.75) is 25.8 Å². The van der Waals surface area contributed by atoms with Gasteiger partial charge in [0.05, 0.1) is 18.8 Å². The fraction of sp³-hybridized carbons (Fsp3) is 0.375. The molecule has 6 nitrogen and oxygen atoms in total. The van der Waals surface area contributed by atoms with E-state index in [2.05, 4.69) is 10.5 Å². The second-order valence-corrected chi connectivity index (χ2v) is 5.38. The van der Waals surface area contributed by atoms with Crippen molar-refractivity contribution in [2.24, 2.45) is 0 Å². The minimum atomic E-state index is -0.134. The second-order valence-electron chi connectivity index (χ2n) is 5.38. The highest BCUT2D eigenvalue weighted by Gasteiger charge is 2.32. The number of nitrogens with zero attached hydrogens (tertiary/aromatic N) is 2. The number of carbonyl (C=O) groups is 1. The van der Waals surface area contributed by atoms with Crippen LogP contribution in [0.25, 0.3) is 0 Å². The van der Waals surface area contributed by atoms with Gasteiger partial charge >= 0.3 is 6.03 Å². The summed E-state index contributed by atoms with van der Waals surface area (Å²) in [5.74, 6) is 1.46. The molecule has 0 spiro atoms. The lowest BCUT2D eigenvalue weighted by Crippen LogP contribution is -2.34. The van der Waals surface area contributed by atoms with Crippen LogP contribution in [0.3, 0.4) is 0 Å². The highest BCUT2D eigenvalue weighted by molar-refractivity contribution is 5.90. The maximum absolute atomic E-state index is 12.5. The van der Waals surface area contributed by atoms with E-state index >= 15 is 0 Å². The summed E-state index contributed by atoms with van der Waals surface area (Å²) in [6, 6.07) is 9.02. The molecule has 3 rings (SSSR count). The zero-order valence-corrected chi connectivity index (χ0v) is 12.7. The van der Waals surface area contributed by atoms with Crippen molar-refractivity contribution in [3.63, 3.8) is 0 Å². The largest absolute Gasteiger partial charge is 0.497 e. The summed E-state index contributed by atoms with van der Waals surface area (Å²) < 4.78 is 10.5. The average molecular weight is 301 g/mol.